The van der Waals surface area contributed by atoms with Crippen LogP contribution in [0, 0.1) is 5.82 Å². The summed E-state index contributed by atoms with van der Waals surface area (Å²) >= 11 is 0. The van der Waals surface area contributed by atoms with Gasteiger partial charge in [0.2, 0.25) is 5.91 Å². The molecule has 9 nitrogen and oxygen atoms in total. The molecular weight excluding hydrogens is 509 g/mol. The van der Waals surface area contributed by atoms with Crippen LogP contribution in [0.1, 0.15) is 54.9 Å². The molecule has 1 aromatic heterocycles. The van der Waals surface area contributed by atoms with E-state index in [1.54, 1.807) is 41.3 Å². The number of nitrogens with zero attached hydrogens (tertiary/aromatic N) is 5. The second-order valence-electron chi connectivity index (χ2n) is 11.1. The molecule has 2 aliphatic rings. The van der Waals surface area contributed by atoms with Gasteiger partial charge in [-0.3, -0.25) is 14.5 Å². The van der Waals surface area contributed by atoms with Crippen molar-refractivity contribution in [2.45, 2.75) is 63.2 Å². The van der Waals surface area contributed by atoms with Gasteiger partial charge >= 0.3 is 0 Å². The van der Waals surface area contributed by atoms with Gasteiger partial charge in [-0.15, -0.1) is 5.10 Å². The fourth-order valence-electron chi connectivity index (χ4n) is 5.51. The lowest BCUT2D eigenvalue weighted by Gasteiger charge is -2.43. The van der Waals surface area contributed by atoms with Crippen LogP contribution in [0.25, 0.3) is 5.69 Å². The number of aromatic nitrogens is 3. The Bertz CT molecular complexity index is 1270. The van der Waals surface area contributed by atoms with E-state index < -0.39 is 6.04 Å². The molecule has 2 N–H and O–H groups in total. The SMILES string of the molecule is C[C@@H]1CN(C(=O)[C@H](CCCN[C@@H]2C[C@H]2c2ccc(F)cc2)NC(=O)c2ccc(-n3ccnn3)cc2)C[C@H](C)N1C. The molecule has 2 heterocycles. The summed E-state index contributed by atoms with van der Waals surface area (Å²) in [6, 6.07) is 14.0. The van der Waals surface area contributed by atoms with Crippen molar-refractivity contribution in [1.82, 2.24) is 35.4 Å². The number of carbonyl (C=O) groups excluding carboxylic acids is 2. The highest BCUT2D eigenvalue weighted by atomic mass is 19.1. The average Bonchev–Trinajstić information content (AvgIpc) is 3.51. The quantitative estimate of drug-likeness (QED) is 0.379. The third-order valence-corrected chi connectivity index (χ3v) is 8.26. The standard InChI is InChI=1S/C30H38FN7O2/c1-20-18-37(19-21(2)36(20)3)30(40)27(5-4-14-32-28-17-26(28)22-6-10-24(31)11-7-22)34-29(39)23-8-12-25(13-9-23)38-16-15-33-35-38/h6-13,15-16,20-21,26-28,32H,4-5,14,17-19H2,1-3H3,(H,34,39)/t20-,21+,26-,27-,28+/m0/s1. The highest BCUT2D eigenvalue weighted by Crippen LogP contribution is 2.40. The Morgan fingerprint density at radius 2 is 1.75 bits per heavy atom. The summed E-state index contributed by atoms with van der Waals surface area (Å²) in [5.74, 6) is -0.131. The minimum absolute atomic E-state index is 0.0324. The Kier molecular flexibility index (Phi) is 8.56. The van der Waals surface area contributed by atoms with Crippen molar-refractivity contribution in [3.8, 4) is 5.69 Å². The van der Waals surface area contributed by atoms with E-state index in [4.69, 9.17) is 0 Å². The monoisotopic (exact) mass is 547 g/mol. The van der Waals surface area contributed by atoms with E-state index in [1.807, 2.05) is 17.0 Å². The van der Waals surface area contributed by atoms with E-state index in [0.29, 0.717) is 37.0 Å². The second-order valence-corrected chi connectivity index (χ2v) is 11.1. The van der Waals surface area contributed by atoms with E-state index in [0.717, 1.165) is 30.6 Å². The van der Waals surface area contributed by atoms with E-state index in [-0.39, 0.29) is 29.7 Å². The molecule has 3 aromatic rings. The molecule has 0 radical (unpaired) electrons. The van der Waals surface area contributed by atoms with Crippen LogP contribution in [0.3, 0.4) is 0 Å². The molecule has 2 aromatic carbocycles. The van der Waals surface area contributed by atoms with Crippen LogP contribution in [-0.4, -0.2) is 87.5 Å². The summed E-state index contributed by atoms with van der Waals surface area (Å²) in [5, 5.41) is 14.4. The van der Waals surface area contributed by atoms with Gasteiger partial charge in [0.05, 0.1) is 18.1 Å². The Morgan fingerprint density at radius 3 is 2.40 bits per heavy atom. The molecule has 5 atom stereocenters. The van der Waals surface area contributed by atoms with E-state index >= 15 is 0 Å². The zero-order valence-electron chi connectivity index (χ0n) is 23.3. The largest absolute Gasteiger partial charge is 0.340 e. The van der Waals surface area contributed by atoms with Gasteiger partial charge < -0.3 is 15.5 Å². The van der Waals surface area contributed by atoms with Gasteiger partial charge in [0.1, 0.15) is 11.9 Å². The summed E-state index contributed by atoms with van der Waals surface area (Å²) in [6.07, 6.45) is 5.63. The minimum atomic E-state index is -0.612. The van der Waals surface area contributed by atoms with Gasteiger partial charge in [-0.2, -0.15) is 0 Å². The van der Waals surface area contributed by atoms with E-state index in [9.17, 15) is 14.0 Å². The maximum absolute atomic E-state index is 13.7. The van der Waals surface area contributed by atoms with Gasteiger partial charge in [0.25, 0.3) is 5.91 Å². The third kappa shape index (κ3) is 6.56. The van der Waals surface area contributed by atoms with Crippen LogP contribution in [0.15, 0.2) is 60.9 Å². The van der Waals surface area contributed by atoms with Crippen molar-refractivity contribution in [1.29, 1.82) is 0 Å². The summed E-state index contributed by atoms with van der Waals surface area (Å²) in [6.45, 7) is 6.26. The normalized spacial score (nSPS) is 23.6. The number of nitrogens with one attached hydrogen (secondary N) is 2. The number of benzene rings is 2. The molecule has 1 saturated heterocycles. The number of rotatable bonds is 10. The molecule has 0 spiro atoms. The van der Waals surface area contributed by atoms with Crippen LogP contribution < -0.4 is 10.6 Å². The Morgan fingerprint density at radius 1 is 1.05 bits per heavy atom. The Hall–Kier alpha value is -3.63. The zero-order valence-corrected chi connectivity index (χ0v) is 23.3. The van der Waals surface area contributed by atoms with Gasteiger partial charge in [-0.1, -0.05) is 17.3 Å². The molecule has 5 rings (SSSR count). The Labute approximate surface area is 234 Å². The van der Waals surface area contributed by atoms with Crippen molar-refractivity contribution in [2.75, 3.05) is 26.7 Å². The highest BCUT2D eigenvalue weighted by Gasteiger charge is 2.38. The van der Waals surface area contributed by atoms with Gasteiger partial charge in [-0.05, 0) is 88.7 Å². The van der Waals surface area contributed by atoms with Crippen molar-refractivity contribution in [3.05, 3.63) is 77.9 Å². The first-order valence-electron chi connectivity index (χ1n) is 14.1. The van der Waals surface area contributed by atoms with Gasteiger partial charge in [0.15, 0.2) is 0 Å². The summed E-state index contributed by atoms with van der Waals surface area (Å²) < 4.78 is 14.9. The predicted molar refractivity (Wildman–Crippen MR) is 151 cm³/mol. The first kappa shape index (κ1) is 27.9. The molecule has 0 bridgehead atoms. The van der Waals surface area contributed by atoms with E-state index in [1.165, 1.54) is 12.1 Å². The lowest BCUT2D eigenvalue weighted by molar-refractivity contribution is -0.137. The number of halogens is 1. The van der Waals surface area contributed by atoms with Crippen molar-refractivity contribution in [2.24, 2.45) is 0 Å². The van der Waals surface area contributed by atoms with Gasteiger partial charge in [-0.25, -0.2) is 9.07 Å². The molecule has 10 heteroatoms. The number of carbonyl (C=O) groups is 2. The van der Waals surface area contributed by atoms with Crippen LogP contribution in [0.4, 0.5) is 4.39 Å². The molecule has 1 aliphatic carbocycles. The zero-order chi connectivity index (χ0) is 28.2. The summed E-state index contributed by atoms with van der Waals surface area (Å²) in [4.78, 5) is 31.1. The fraction of sp³-hybridized carbons (Fsp3) is 0.467. The fourth-order valence-corrected chi connectivity index (χ4v) is 5.51. The summed E-state index contributed by atoms with van der Waals surface area (Å²) in [7, 11) is 2.09. The smallest absolute Gasteiger partial charge is 0.251 e. The Balaban J connectivity index is 1.20. The average molecular weight is 548 g/mol. The third-order valence-electron chi connectivity index (χ3n) is 8.26. The number of hydrogen-bond acceptors (Lipinski definition) is 6. The van der Waals surface area contributed by atoms with Crippen molar-refractivity contribution in [3.63, 3.8) is 0 Å². The number of hydrogen-bond donors (Lipinski definition) is 2. The van der Waals surface area contributed by atoms with Gasteiger partial charge in [0, 0.05) is 42.7 Å². The molecule has 0 unspecified atom stereocenters. The molecule has 2 fully saturated rings. The molecular formula is C30H38FN7O2. The maximum Gasteiger partial charge on any atom is 0.251 e. The number of amides is 2. The topological polar surface area (TPSA) is 95.4 Å². The van der Waals surface area contributed by atoms with Crippen molar-refractivity contribution >= 4 is 11.8 Å². The minimum Gasteiger partial charge on any atom is -0.340 e. The predicted octanol–water partition coefficient (Wildman–Crippen LogP) is 2.98. The lowest BCUT2D eigenvalue weighted by atomic mass is 10.0. The summed E-state index contributed by atoms with van der Waals surface area (Å²) in [5.41, 5.74) is 2.43. The highest BCUT2D eigenvalue weighted by molar-refractivity contribution is 5.97. The van der Waals surface area contributed by atoms with Crippen LogP contribution in [-0.2, 0) is 4.79 Å². The molecule has 2 amide bonds. The molecule has 212 valence electrons. The molecule has 1 aliphatic heterocycles. The second kappa shape index (κ2) is 12.3. The van der Waals surface area contributed by atoms with Crippen molar-refractivity contribution < 1.29 is 14.0 Å². The van der Waals surface area contributed by atoms with Crippen LogP contribution >= 0.6 is 0 Å². The van der Waals surface area contributed by atoms with Crippen LogP contribution in [0.2, 0.25) is 0 Å². The number of likely N-dealkylation sites (N-methyl/N-ethyl adjacent to an activating group) is 1. The lowest BCUT2D eigenvalue weighted by Crippen LogP contribution is -2.60. The first-order valence-corrected chi connectivity index (χ1v) is 14.1. The first-order chi connectivity index (χ1) is 19.3. The number of piperazine rings is 1. The van der Waals surface area contributed by atoms with Crippen LogP contribution in [0.5, 0.6) is 0 Å². The van der Waals surface area contributed by atoms with E-state index in [2.05, 4.69) is 46.7 Å². The molecule has 1 saturated carbocycles. The molecule has 40 heavy (non-hydrogen) atoms. The maximum atomic E-state index is 13.7.